The average molecular weight is 264 g/mol. The highest BCUT2D eigenvalue weighted by atomic mass is 14.6. The monoisotopic (exact) mass is 264 g/mol. The van der Waals surface area contributed by atoms with Crippen LogP contribution in [0.25, 0.3) is 0 Å². The molecule has 0 amide bonds. The average Bonchev–Trinajstić information content (AvgIpc) is 2.53. The fourth-order valence-electron chi connectivity index (χ4n) is 4.14. The van der Waals surface area contributed by atoms with Gasteiger partial charge in [0.15, 0.2) is 0 Å². The Balaban J connectivity index is 2.07. The second-order valence-corrected chi connectivity index (χ2v) is 5.67. The van der Waals surface area contributed by atoms with E-state index in [2.05, 4.69) is 60.0 Å². The van der Waals surface area contributed by atoms with E-state index in [0.717, 1.165) is 13.1 Å². The summed E-state index contributed by atoms with van der Waals surface area (Å²) < 4.78 is 0. The van der Waals surface area contributed by atoms with E-state index < -0.39 is 0 Å². The molecule has 2 bridgehead atoms. The molecule has 0 radical (unpaired) electrons. The first-order valence-electron chi connectivity index (χ1n) is 7.34. The molecule has 0 aliphatic heterocycles. The van der Waals surface area contributed by atoms with E-state index in [0.29, 0.717) is 11.8 Å². The largest absolute Gasteiger partial charge is 0.354 e. The van der Waals surface area contributed by atoms with E-state index in [9.17, 15) is 0 Å². The van der Waals surface area contributed by atoms with Crippen LogP contribution < -0.4 is 11.5 Å². The van der Waals surface area contributed by atoms with Crippen LogP contribution in [0, 0.1) is 0 Å². The standard InChI is InChI=1S/C18H18N2/c19-9-15-16(10-20)18-12-6-2-1-5-11(12)17(15)13-7-3-4-8-14(13)18/h1-8,17-18H,9-10,19-20H2/p+2. The molecule has 2 aromatic carbocycles. The van der Waals surface area contributed by atoms with Gasteiger partial charge in [0.25, 0.3) is 0 Å². The Kier molecular flexibility index (Phi) is 2.56. The predicted octanol–water partition coefficient (Wildman–Crippen LogP) is 1.06. The van der Waals surface area contributed by atoms with Gasteiger partial charge < -0.3 is 11.5 Å². The zero-order valence-corrected chi connectivity index (χ0v) is 11.6. The van der Waals surface area contributed by atoms with Gasteiger partial charge in [-0.25, -0.2) is 0 Å². The van der Waals surface area contributed by atoms with Crippen LogP contribution in [-0.4, -0.2) is 13.1 Å². The van der Waals surface area contributed by atoms with Crippen molar-refractivity contribution in [2.24, 2.45) is 0 Å². The molecule has 0 atom stereocenters. The summed E-state index contributed by atoms with van der Waals surface area (Å²) >= 11 is 0. The Morgan fingerprint density at radius 3 is 1.15 bits per heavy atom. The van der Waals surface area contributed by atoms with Crippen molar-refractivity contribution in [3.63, 3.8) is 0 Å². The van der Waals surface area contributed by atoms with Crippen molar-refractivity contribution in [1.82, 2.24) is 0 Å². The van der Waals surface area contributed by atoms with Crippen molar-refractivity contribution in [2.45, 2.75) is 11.8 Å². The third-order valence-corrected chi connectivity index (χ3v) is 4.88. The van der Waals surface area contributed by atoms with E-state index in [1.54, 1.807) is 0 Å². The van der Waals surface area contributed by atoms with Crippen LogP contribution in [0.15, 0.2) is 59.7 Å². The van der Waals surface area contributed by atoms with Crippen LogP contribution in [0.1, 0.15) is 34.1 Å². The Morgan fingerprint density at radius 1 is 0.600 bits per heavy atom. The van der Waals surface area contributed by atoms with Crippen molar-refractivity contribution in [2.75, 3.05) is 13.1 Å². The van der Waals surface area contributed by atoms with Crippen LogP contribution in [0.5, 0.6) is 0 Å². The summed E-state index contributed by atoms with van der Waals surface area (Å²) in [5.74, 6) is 0.809. The van der Waals surface area contributed by atoms with Crippen molar-refractivity contribution in [3.05, 3.63) is 81.9 Å². The minimum atomic E-state index is 0.404. The fourth-order valence-corrected chi connectivity index (χ4v) is 4.14. The SMILES string of the molecule is [NH3+]CC1=C(C[NH3+])C2c3ccccc3C1c1ccccc12. The van der Waals surface area contributed by atoms with Crippen molar-refractivity contribution in [1.29, 1.82) is 0 Å². The maximum Gasteiger partial charge on any atom is 0.0971 e. The Hall–Kier alpha value is -1.90. The topological polar surface area (TPSA) is 55.3 Å². The molecule has 6 N–H and O–H groups in total. The molecule has 0 aromatic heterocycles. The molecule has 3 aliphatic carbocycles. The van der Waals surface area contributed by atoms with Gasteiger partial charge in [-0.3, -0.25) is 0 Å². The lowest BCUT2D eigenvalue weighted by Crippen LogP contribution is -2.57. The lowest BCUT2D eigenvalue weighted by molar-refractivity contribution is -0.364. The van der Waals surface area contributed by atoms with E-state index in [-0.39, 0.29) is 0 Å². The Bertz CT molecular complexity index is 607. The normalized spacial score (nSPS) is 22.7. The summed E-state index contributed by atoms with van der Waals surface area (Å²) in [4.78, 5) is 0. The molecular weight excluding hydrogens is 244 g/mol. The second kappa shape index (κ2) is 4.30. The van der Waals surface area contributed by atoms with Gasteiger partial charge in [-0.15, -0.1) is 0 Å². The number of quaternary nitrogens is 2. The molecule has 2 nitrogen and oxygen atoms in total. The van der Waals surface area contributed by atoms with Crippen LogP contribution in [0.3, 0.4) is 0 Å². The first-order valence-corrected chi connectivity index (χ1v) is 7.34. The molecule has 0 saturated carbocycles. The van der Waals surface area contributed by atoms with Gasteiger partial charge in [0, 0.05) is 23.0 Å². The van der Waals surface area contributed by atoms with E-state index in [1.807, 2.05) is 0 Å². The third-order valence-electron chi connectivity index (χ3n) is 4.88. The van der Waals surface area contributed by atoms with Crippen LogP contribution >= 0.6 is 0 Å². The quantitative estimate of drug-likeness (QED) is 0.762. The molecule has 20 heavy (non-hydrogen) atoms. The van der Waals surface area contributed by atoms with Crippen molar-refractivity contribution < 1.29 is 11.5 Å². The summed E-state index contributed by atoms with van der Waals surface area (Å²) in [6.07, 6.45) is 0. The lowest BCUT2D eigenvalue weighted by atomic mass is 9.61. The summed E-state index contributed by atoms with van der Waals surface area (Å²) in [7, 11) is 0. The van der Waals surface area contributed by atoms with Gasteiger partial charge in [-0.1, -0.05) is 48.5 Å². The number of rotatable bonds is 2. The summed E-state index contributed by atoms with van der Waals surface area (Å²) in [6.45, 7) is 1.77. The number of hydrogen-bond acceptors (Lipinski definition) is 0. The van der Waals surface area contributed by atoms with Gasteiger partial charge >= 0.3 is 0 Å². The van der Waals surface area contributed by atoms with E-state index >= 15 is 0 Å². The molecule has 0 unspecified atom stereocenters. The zero-order chi connectivity index (χ0) is 13.7. The highest BCUT2D eigenvalue weighted by Gasteiger charge is 2.42. The number of benzene rings is 2. The van der Waals surface area contributed by atoms with E-state index in [4.69, 9.17) is 0 Å². The van der Waals surface area contributed by atoms with Gasteiger partial charge in [-0.05, 0) is 22.3 Å². The molecule has 2 aromatic rings. The van der Waals surface area contributed by atoms with Gasteiger partial charge in [0.05, 0.1) is 13.1 Å². The van der Waals surface area contributed by atoms with Gasteiger partial charge in [0.2, 0.25) is 0 Å². The van der Waals surface area contributed by atoms with E-state index in [1.165, 1.54) is 33.4 Å². The minimum absolute atomic E-state index is 0.404. The molecule has 0 saturated heterocycles. The molecule has 2 heteroatoms. The molecule has 100 valence electrons. The highest BCUT2D eigenvalue weighted by Crippen LogP contribution is 2.54. The lowest BCUT2D eigenvalue weighted by Gasteiger charge is -2.42. The first-order chi connectivity index (χ1) is 9.86. The summed E-state index contributed by atoms with van der Waals surface area (Å²) in [5.41, 5.74) is 17.3. The highest BCUT2D eigenvalue weighted by molar-refractivity contribution is 5.65. The van der Waals surface area contributed by atoms with Crippen molar-refractivity contribution >= 4 is 0 Å². The summed E-state index contributed by atoms with van der Waals surface area (Å²) in [6, 6.07) is 17.8. The smallest absolute Gasteiger partial charge is 0.0971 e. The Labute approximate surface area is 119 Å². The van der Waals surface area contributed by atoms with Gasteiger partial charge in [0.1, 0.15) is 0 Å². The van der Waals surface area contributed by atoms with Crippen LogP contribution in [-0.2, 0) is 0 Å². The molecule has 3 aliphatic rings. The number of hydrogen-bond donors (Lipinski definition) is 2. The maximum atomic E-state index is 4.19. The summed E-state index contributed by atoms with van der Waals surface area (Å²) in [5, 5.41) is 0. The minimum Gasteiger partial charge on any atom is -0.354 e. The third kappa shape index (κ3) is 1.35. The zero-order valence-electron chi connectivity index (χ0n) is 11.6. The second-order valence-electron chi connectivity index (χ2n) is 5.67. The molecule has 5 rings (SSSR count). The molecular formula is C18H20N2+2. The Morgan fingerprint density at radius 2 is 0.900 bits per heavy atom. The molecule has 0 spiro atoms. The first kappa shape index (κ1) is 11.9. The predicted molar refractivity (Wildman–Crippen MR) is 79.1 cm³/mol. The van der Waals surface area contributed by atoms with Crippen molar-refractivity contribution in [3.8, 4) is 0 Å². The molecule has 0 heterocycles. The fraction of sp³-hybridized carbons (Fsp3) is 0.222. The van der Waals surface area contributed by atoms with Crippen LogP contribution in [0.4, 0.5) is 0 Å². The van der Waals surface area contributed by atoms with Gasteiger partial charge in [-0.2, -0.15) is 0 Å². The maximum absolute atomic E-state index is 4.19. The van der Waals surface area contributed by atoms with Crippen LogP contribution in [0.2, 0.25) is 0 Å². The molecule has 0 fully saturated rings.